The lowest BCUT2D eigenvalue weighted by Crippen LogP contribution is -2.48. The molecule has 0 atom stereocenters. The van der Waals surface area contributed by atoms with Gasteiger partial charge >= 0.3 is 12.1 Å². The molecule has 1 aromatic carbocycles. The summed E-state index contributed by atoms with van der Waals surface area (Å²) in [6.45, 7) is 6.58. The quantitative estimate of drug-likeness (QED) is 0.502. The highest BCUT2D eigenvalue weighted by Crippen LogP contribution is 2.18. The van der Waals surface area contributed by atoms with Crippen molar-refractivity contribution in [3.05, 3.63) is 46.2 Å². The van der Waals surface area contributed by atoms with E-state index in [2.05, 4.69) is 26.5 Å². The average Bonchev–Trinajstić information content (AvgIpc) is 3.09. The van der Waals surface area contributed by atoms with Crippen molar-refractivity contribution in [1.82, 2.24) is 21.2 Å². The van der Waals surface area contributed by atoms with Gasteiger partial charge in [0.25, 0.3) is 0 Å². The Labute approximate surface area is 183 Å². The van der Waals surface area contributed by atoms with Gasteiger partial charge in [0, 0.05) is 18.8 Å². The van der Waals surface area contributed by atoms with E-state index in [9.17, 15) is 18.8 Å². The van der Waals surface area contributed by atoms with Crippen LogP contribution in [0.3, 0.4) is 0 Å². The molecule has 2 rings (SSSR count). The predicted octanol–water partition coefficient (Wildman–Crippen LogP) is 3.26. The standard InChI is InChI=1S/C20H26FN5O4S/c1-12(27)23-18-24-15(11-31-18)8-7-14-6-5-13(9-16(14)21)10-22-17(28)25-26-19(29)30-20(2,3)4/h5-6,9,11H,7-8,10H2,1-4H3,(H,26,29)(H2,22,25,28)(H,23,24,27). The molecule has 0 fully saturated rings. The summed E-state index contributed by atoms with van der Waals surface area (Å²) in [5.41, 5.74) is 5.44. The number of aromatic nitrogens is 1. The first kappa shape index (κ1) is 24.1. The fraction of sp³-hybridized carbons (Fsp3) is 0.400. The van der Waals surface area contributed by atoms with Crippen molar-refractivity contribution in [2.75, 3.05) is 5.32 Å². The minimum absolute atomic E-state index is 0.0746. The van der Waals surface area contributed by atoms with Crippen molar-refractivity contribution >= 4 is 34.5 Å². The van der Waals surface area contributed by atoms with Gasteiger partial charge in [-0.25, -0.2) is 29.8 Å². The van der Waals surface area contributed by atoms with Crippen molar-refractivity contribution in [3.63, 3.8) is 0 Å². The number of hydrogen-bond donors (Lipinski definition) is 4. The number of nitrogens with one attached hydrogen (secondary N) is 4. The zero-order valence-electron chi connectivity index (χ0n) is 17.8. The number of carbonyl (C=O) groups excluding carboxylic acids is 3. The number of benzene rings is 1. The van der Waals surface area contributed by atoms with Crippen LogP contribution in [0.4, 0.5) is 19.1 Å². The molecule has 31 heavy (non-hydrogen) atoms. The lowest BCUT2D eigenvalue weighted by molar-refractivity contribution is -0.114. The van der Waals surface area contributed by atoms with E-state index in [1.807, 2.05) is 5.38 Å². The van der Waals surface area contributed by atoms with Crippen molar-refractivity contribution in [2.24, 2.45) is 0 Å². The normalized spacial score (nSPS) is 10.9. The lowest BCUT2D eigenvalue weighted by Gasteiger charge is -2.19. The monoisotopic (exact) mass is 451 g/mol. The van der Waals surface area contributed by atoms with Gasteiger partial charge in [-0.2, -0.15) is 0 Å². The number of carbonyl (C=O) groups is 3. The molecule has 0 saturated carbocycles. The second-order valence-corrected chi connectivity index (χ2v) is 8.54. The van der Waals surface area contributed by atoms with Gasteiger partial charge in [0.2, 0.25) is 5.91 Å². The van der Waals surface area contributed by atoms with Crippen molar-refractivity contribution in [2.45, 2.75) is 52.7 Å². The number of hydrogen-bond acceptors (Lipinski definition) is 6. The van der Waals surface area contributed by atoms with Crippen molar-refractivity contribution in [1.29, 1.82) is 0 Å². The number of hydrazine groups is 1. The SMILES string of the molecule is CC(=O)Nc1nc(CCc2ccc(CNC(=O)NNC(=O)OC(C)(C)C)cc2F)cs1. The Bertz CT molecular complexity index is 942. The van der Waals surface area contributed by atoms with Crippen LogP contribution >= 0.6 is 11.3 Å². The first-order valence-electron chi connectivity index (χ1n) is 9.54. The Morgan fingerprint density at radius 3 is 2.55 bits per heavy atom. The second kappa shape index (κ2) is 10.7. The van der Waals surface area contributed by atoms with E-state index in [1.54, 1.807) is 32.9 Å². The van der Waals surface area contributed by atoms with E-state index >= 15 is 0 Å². The third-order valence-corrected chi connectivity index (χ3v) is 4.54. The van der Waals surface area contributed by atoms with Gasteiger partial charge in [-0.05, 0) is 50.8 Å². The molecule has 0 bridgehead atoms. The number of anilines is 1. The first-order chi connectivity index (χ1) is 14.5. The molecule has 2 aromatic rings. The number of aryl methyl sites for hydroxylation is 2. The molecule has 9 nitrogen and oxygen atoms in total. The largest absolute Gasteiger partial charge is 0.443 e. The summed E-state index contributed by atoms with van der Waals surface area (Å²) >= 11 is 1.32. The molecule has 168 valence electrons. The highest BCUT2D eigenvalue weighted by molar-refractivity contribution is 7.13. The summed E-state index contributed by atoms with van der Waals surface area (Å²) in [6, 6.07) is 4.06. The number of urea groups is 1. The summed E-state index contributed by atoms with van der Waals surface area (Å²) in [5, 5.41) is 7.47. The highest BCUT2D eigenvalue weighted by atomic mass is 32.1. The average molecular weight is 452 g/mol. The maximum Gasteiger partial charge on any atom is 0.426 e. The molecule has 11 heteroatoms. The van der Waals surface area contributed by atoms with E-state index < -0.39 is 17.7 Å². The molecule has 0 aliphatic rings. The van der Waals surface area contributed by atoms with Gasteiger partial charge in [0.15, 0.2) is 5.13 Å². The molecule has 1 heterocycles. The molecule has 0 unspecified atom stereocenters. The first-order valence-corrected chi connectivity index (χ1v) is 10.4. The molecule has 0 aliphatic carbocycles. The zero-order chi connectivity index (χ0) is 23.0. The number of ether oxygens (including phenoxy) is 1. The van der Waals surface area contributed by atoms with Crippen LogP contribution in [0.2, 0.25) is 0 Å². The molecule has 0 aliphatic heterocycles. The minimum Gasteiger partial charge on any atom is -0.443 e. The van der Waals surface area contributed by atoms with Gasteiger partial charge < -0.3 is 15.4 Å². The number of rotatable bonds is 6. The van der Waals surface area contributed by atoms with E-state index in [1.165, 1.54) is 24.3 Å². The van der Waals surface area contributed by atoms with E-state index in [-0.39, 0.29) is 18.3 Å². The van der Waals surface area contributed by atoms with Crippen LogP contribution in [0, 0.1) is 5.82 Å². The Kier molecular flexibility index (Phi) is 8.31. The van der Waals surface area contributed by atoms with Crippen LogP contribution < -0.4 is 21.5 Å². The molecule has 0 saturated heterocycles. The molecular formula is C20H26FN5O4S. The maximum atomic E-state index is 14.4. The van der Waals surface area contributed by atoms with E-state index in [0.29, 0.717) is 29.1 Å². The van der Waals surface area contributed by atoms with Gasteiger partial charge in [0.1, 0.15) is 11.4 Å². The third-order valence-electron chi connectivity index (χ3n) is 3.73. The summed E-state index contributed by atoms with van der Waals surface area (Å²) in [7, 11) is 0. The minimum atomic E-state index is -0.789. The second-order valence-electron chi connectivity index (χ2n) is 7.69. The molecular weight excluding hydrogens is 425 g/mol. The Balaban J connectivity index is 1.78. The molecule has 4 amide bonds. The lowest BCUT2D eigenvalue weighted by atomic mass is 10.1. The Hall–Kier alpha value is -3.21. The summed E-state index contributed by atoms with van der Waals surface area (Å²) in [5.74, 6) is -0.575. The Morgan fingerprint density at radius 1 is 1.16 bits per heavy atom. The van der Waals surface area contributed by atoms with Crippen LogP contribution in [-0.2, 0) is 28.9 Å². The molecule has 0 spiro atoms. The van der Waals surface area contributed by atoms with Gasteiger partial charge in [0.05, 0.1) is 5.69 Å². The van der Waals surface area contributed by atoms with Crippen LogP contribution in [0.15, 0.2) is 23.6 Å². The topological polar surface area (TPSA) is 121 Å². The summed E-state index contributed by atoms with van der Waals surface area (Å²) in [4.78, 5) is 38.6. The molecule has 0 radical (unpaired) electrons. The fourth-order valence-corrected chi connectivity index (χ4v) is 3.22. The van der Waals surface area contributed by atoms with E-state index in [0.717, 1.165) is 5.69 Å². The fourth-order valence-electron chi connectivity index (χ4n) is 2.43. The Morgan fingerprint density at radius 2 is 1.90 bits per heavy atom. The van der Waals surface area contributed by atoms with E-state index in [4.69, 9.17) is 4.74 Å². The number of amides is 4. The van der Waals surface area contributed by atoms with Crippen LogP contribution in [0.25, 0.3) is 0 Å². The van der Waals surface area contributed by atoms with Crippen molar-refractivity contribution in [3.8, 4) is 0 Å². The highest BCUT2D eigenvalue weighted by Gasteiger charge is 2.16. The van der Waals surface area contributed by atoms with Crippen LogP contribution in [0.1, 0.15) is 44.5 Å². The molecule has 4 N–H and O–H groups in total. The number of nitrogens with zero attached hydrogens (tertiary/aromatic N) is 1. The van der Waals surface area contributed by atoms with Crippen molar-refractivity contribution < 1.29 is 23.5 Å². The van der Waals surface area contributed by atoms with Crippen LogP contribution in [-0.4, -0.2) is 28.6 Å². The number of thiazole rings is 1. The third kappa shape index (κ3) is 8.99. The van der Waals surface area contributed by atoms with Gasteiger partial charge in [-0.15, -0.1) is 11.3 Å². The number of halogens is 1. The van der Waals surface area contributed by atoms with Gasteiger partial charge in [-0.3, -0.25) is 4.79 Å². The summed E-state index contributed by atoms with van der Waals surface area (Å²) < 4.78 is 19.4. The molecule has 1 aromatic heterocycles. The van der Waals surface area contributed by atoms with Crippen LogP contribution in [0.5, 0.6) is 0 Å². The smallest absolute Gasteiger partial charge is 0.426 e. The maximum absolute atomic E-state index is 14.4. The van der Waals surface area contributed by atoms with Gasteiger partial charge in [-0.1, -0.05) is 12.1 Å². The zero-order valence-corrected chi connectivity index (χ0v) is 18.6. The predicted molar refractivity (Wildman–Crippen MR) is 115 cm³/mol. The summed E-state index contributed by atoms with van der Waals surface area (Å²) in [6.07, 6.45) is 0.189.